The molecule has 4 aromatic rings. The van der Waals surface area contributed by atoms with E-state index in [1.807, 2.05) is 0 Å². The van der Waals surface area contributed by atoms with E-state index in [0.29, 0.717) is 0 Å². The highest BCUT2D eigenvalue weighted by Gasteiger charge is 2.18. The molecule has 4 rings (SSSR count). The number of carboxylic acid groups (broad SMARTS) is 4. The molecule has 16 heteroatoms. The lowest BCUT2D eigenvalue weighted by Crippen LogP contribution is -2.08. The summed E-state index contributed by atoms with van der Waals surface area (Å²) in [5.41, 5.74) is -1.11. The van der Waals surface area contributed by atoms with Gasteiger partial charge in [-0.1, -0.05) is 25.3 Å². The number of aromatic carboxylic acids is 4. The number of carbonyl (C=O) groups is 6. The quantitative estimate of drug-likeness (QED) is 0.0475. The standard InChI is InChI=1S/C34H22N4O12/c1-3-29(39)49-27-11-7-19(15-23(27)33(45)46)35-37-25-9-5-17(13-21(25)31(41)42)18-6-10-26(22(14-18)32(43)44)38-36-20-8-12-28(50-30(40)4-2)24(16-20)34(47)48/h3-16H,1-2H2,(H,41,42)(H,43,44)(H,45,46)(H,47,48). The maximum absolute atomic E-state index is 12.1. The Morgan fingerprint density at radius 3 is 1.16 bits per heavy atom. The largest absolute Gasteiger partial charge is 0.478 e. The minimum atomic E-state index is -1.42. The average Bonchev–Trinajstić information content (AvgIpc) is 3.10. The van der Waals surface area contributed by atoms with Gasteiger partial charge in [0, 0.05) is 12.2 Å². The molecule has 4 aromatic carbocycles. The molecular weight excluding hydrogens is 656 g/mol. The van der Waals surface area contributed by atoms with Crippen LogP contribution in [0.15, 0.2) is 119 Å². The number of ether oxygens (including phenoxy) is 2. The Labute approximate surface area is 280 Å². The van der Waals surface area contributed by atoms with Crippen LogP contribution in [-0.2, 0) is 9.59 Å². The maximum atomic E-state index is 12.1. The van der Waals surface area contributed by atoms with Crippen LogP contribution in [0.2, 0.25) is 0 Å². The van der Waals surface area contributed by atoms with Gasteiger partial charge in [-0.2, -0.15) is 10.2 Å². The van der Waals surface area contributed by atoms with Gasteiger partial charge in [0.2, 0.25) is 0 Å². The summed E-state index contributed by atoms with van der Waals surface area (Å²) in [6.45, 7) is 6.49. The predicted molar refractivity (Wildman–Crippen MR) is 173 cm³/mol. The molecule has 0 saturated heterocycles. The molecule has 0 heterocycles. The van der Waals surface area contributed by atoms with Crippen molar-refractivity contribution in [2.24, 2.45) is 20.5 Å². The Kier molecular flexibility index (Phi) is 10.8. The molecule has 0 atom stereocenters. The Hall–Kier alpha value is -7.62. The number of carboxylic acids is 4. The van der Waals surface area contributed by atoms with Crippen LogP contribution in [0.5, 0.6) is 11.5 Å². The summed E-state index contributed by atoms with van der Waals surface area (Å²) >= 11 is 0. The summed E-state index contributed by atoms with van der Waals surface area (Å²) in [6.07, 6.45) is 1.71. The third kappa shape index (κ3) is 8.39. The maximum Gasteiger partial charge on any atom is 0.339 e. The van der Waals surface area contributed by atoms with Crippen LogP contribution in [0.1, 0.15) is 41.4 Å². The van der Waals surface area contributed by atoms with Gasteiger partial charge in [0.15, 0.2) is 0 Å². The Morgan fingerprint density at radius 1 is 0.480 bits per heavy atom. The molecule has 0 bridgehead atoms. The Morgan fingerprint density at radius 2 is 0.840 bits per heavy atom. The number of hydrogen-bond acceptors (Lipinski definition) is 12. The molecule has 0 radical (unpaired) electrons. The highest BCUT2D eigenvalue weighted by Crippen LogP contribution is 2.34. The lowest BCUT2D eigenvalue weighted by atomic mass is 9.99. The molecule has 0 saturated carbocycles. The molecule has 0 fully saturated rings. The van der Waals surface area contributed by atoms with Crippen molar-refractivity contribution in [1.29, 1.82) is 0 Å². The van der Waals surface area contributed by atoms with Crippen LogP contribution < -0.4 is 9.47 Å². The highest BCUT2D eigenvalue weighted by molar-refractivity contribution is 5.98. The van der Waals surface area contributed by atoms with E-state index in [1.54, 1.807) is 0 Å². The molecular formula is C34H22N4O12. The highest BCUT2D eigenvalue weighted by atomic mass is 16.5. The Balaban J connectivity index is 1.64. The first-order valence-corrected chi connectivity index (χ1v) is 13.8. The number of esters is 2. The first-order valence-electron chi connectivity index (χ1n) is 13.8. The van der Waals surface area contributed by atoms with Crippen LogP contribution in [0, 0.1) is 0 Å². The van der Waals surface area contributed by atoms with Crippen molar-refractivity contribution in [3.63, 3.8) is 0 Å². The monoisotopic (exact) mass is 678 g/mol. The molecule has 0 unspecified atom stereocenters. The van der Waals surface area contributed by atoms with Crippen molar-refractivity contribution in [1.82, 2.24) is 0 Å². The third-order valence-corrected chi connectivity index (χ3v) is 6.48. The van der Waals surface area contributed by atoms with E-state index in [4.69, 9.17) is 9.47 Å². The van der Waals surface area contributed by atoms with Crippen molar-refractivity contribution in [3.05, 3.63) is 120 Å². The zero-order valence-electron chi connectivity index (χ0n) is 25.3. The van der Waals surface area contributed by atoms with E-state index in [1.165, 1.54) is 60.7 Å². The molecule has 250 valence electrons. The first kappa shape index (κ1) is 35.2. The topological polar surface area (TPSA) is 251 Å². The van der Waals surface area contributed by atoms with Crippen LogP contribution in [-0.4, -0.2) is 56.2 Å². The van der Waals surface area contributed by atoms with Gasteiger partial charge in [0.05, 0.1) is 22.5 Å². The van der Waals surface area contributed by atoms with E-state index in [-0.39, 0.29) is 56.5 Å². The lowest BCUT2D eigenvalue weighted by molar-refractivity contribution is -0.129. The van der Waals surface area contributed by atoms with Crippen molar-refractivity contribution in [2.75, 3.05) is 0 Å². The van der Waals surface area contributed by atoms with Gasteiger partial charge in [0.1, 0.15) is 34.0 Å². The van der Waals surface area contributed by atoms with Gasteiger partial charge in [-0.15, -0.1) is 10.2 Å². The van der Waals surface area contributed by atoms with Crippen molar-refractivity contribution < 1.29 is 58.7 Å². The molecule has 0 amide bonds. The summed E-state index contributed by atoms with van der Waals surface area (Å²) in [5, 5.41) is 54.4. The number of carbonyl (C=O) groups excluding carboxylic acids is 2. The van der Waals surface area contributed by atoms with E-state index in [2.05, 4.69) is 33.6 Å². The SMILES string of the molecule is C=CC(=O)Oc1ccc(N=Nc2ccc(-c3ccc(N=Nc4ccc(OC(=O)C=C)c(C(=O)O)c4)c(C(=O)O)c3)cc2C(=O)O)cc1C(=O)O. The summed E-state index contributed by atoms with van der Waals surface area (Å²) < 4.78 is 9.80. The number of azo groups is 2. The van der Waals surface area contributed by atoms with Gasteiger partial charge in [-0.3, -0.25) is 0 Å². The Bertz CT molecular complexity index is 2020. The van der Waals surface area contributed by atoms with Crippen molar-refractivity contribution in [2.45, 2.75) is 0 Å². The second-order valence-corrected chi connectivity index (χ2v) is 9.70. The fourth-order valence-corrected chi connectivity index (χ4v) is 4.14. The molecule has 4 N–H and O–H groups in total. The van der Waals surface area contributed by atoms with E-state index >= 15 is 0 Å². The van der Waals surface area contributed by atoms with Gasteiger partial charge < -0.3 is 29.9 Å². The lowest BCUT2D eigenvalue weighted by Gasteiger charge is -2.09. The minimum absolute atomic E-state index is 0.00308. The van der Waals surface area contributed by atoms with Crippen molar-refractivity contribution >= 4 is 58.6 Å². The van der Waals surface area contributed by atoms with E-state index < -0.39 is 46.9 Å². The fourth-order valence-electron chi connectivity index (χ4n) is 4.14. The predicted octanol–water partition coefficient (Wildman–Crippen LogP) is 7.16. The molecule has 16 nitrogen and oxygen atoms in total. The fraction of sp³-hybridized carbons (Fsp3) is 0. The molecule has 0 aliphatic carbocycles. The van der Waals surface area contributed by atoms with Crippen LogP contribution >= 0.6 is 0 Å². The zero-order valence-corrected chi connectivity index (χ0v) is 25.3. The number of hydrogen-bond donors (Lipinski definition) is 4. The summed E-state index contributed by atoms with van der Waals surface area (Å²) in [5.74, 6) is -7.92. The second-order valence-electron chi connectivity index (χ2n) is 9.70. The van der Waals surface area contributed by atoms with Gasteiger partial charge in [-0.25, -0.2) is 28.8 Å². The molecule has 0 aliphatic heterocycles. The molecule has 0 aliphatic rings. The second kappa shape index (κ2) is 15.3. The number of rotatable bonds is 13. The molecule has 0 spiro atoms. The smallest absolute Gasteiger partial charge is 0.339 e. The summed E-state index contributed by atoms with van der Waals surface area (Å²) in [6, 6.07) is 15.1. The van der Waals surface area contributed by atoms with Crippen molar-refractivity contribution in [3.8, 4) is 22.6 Å². The van der Waals surface area contributed by atoms with Crippen LogP contribution in [0.25, 0.3) is 11.1 Å². The van der Waals surface area contributed by atoms with E-state index in [0.717, 1.165) is 24.3 Å². The van der Waals surface area contributed by atoms with Gasteiger partial charge in [0.25, 0.3) is 0 Å². The van der Waals surface area contributed by atoms with Crippen LogP contribution in [0.3, 0.4) is 0 Å². The average molecular weight is 679 g/mol. The first-order chi connectivity index (χ1) is 23.8. The third-order valence-electron chi connectivity index (χ3n) is 6.48. The zero-order chi connectivity index (χ0) is 36.5. The summed E-state index contributed by atoms with van der Waals surface area (Å²) in [4.78, 5) is 70.6. The molecule has 0 aromatic heterocycles. The normalized spacial score (nSPS) is 10.8. The molecule has 50 heavy (non-hydrogen) atoms. The van der Waals surface area contributed by atoms with Gasteiger partial charge >= 0.3 is 35.8 Å². The van der Waals surface area contributed by atoms with E-state index in [9.17, 15) is 49.2 Å². The number of nitrogens with zero attached hydrogens (tertiary/aromatic N) is 4. The number of benzene rings is 4. The van der Waals surface area contributed by atoms with Gasteiger partial charge in [-0.05, 0) is 71.8 Å². The van der Waals surface area contributed by atoms with Crippen LogP contribution in [0.4, 0.5) is 22.7 Å². The minimum Gasteiger partial charge on any atom is -0.478 e. The summed E-state index contributed by atoms with van der Waals surface area (Å²) in [7, 11) is 0.